The monoisotopic (exact) mass is 462 g/mol. The summed E-state index contributed by atoms with van der Waals surface area (Å²) >= 11 is 5.12. The van der Waals surface area contributed by atoms with E-state index in [1.54, 1.807) is 34.9 Å². The third-order valence-electron chi connectivity index (χ3n) is 5.59. The van der Waals surface area contributed by atoms with Crippen molar-refractivity contribution in [3.05, 3.63) is 11.1 Å². The minimum absolute atomic E-state index is 0.200. The van der Waals surface area contributed by atoms with E-state index in [-0.39, 0.29) is 5.60 Å². The third kappa shape index (κ3) is 3.58. The largest absolute Gasteiger partial charge is 0.378 e. The summed E-state index contributed by atoms with van der Waals surface area (Å²) in [6.45, 7) is 10.3. The molecule has 0 saturated carbocycles. The predicted octanol–water partition coefficient (Wildman–Crippen LogP) is 4.76. The van der Waals surface area contributed by atoms with Crippen LogP contribution >= 0.6 is 34.9 Å². The maximum absolute atomic E-state index is 6.23. The molecule has 9 heteroatoms. The van der Waals surface area contributed by atoms with Gasteiger partial charge in [-0.15, -0.1) is 23.1 Å². The first-order valence-electron chi connectivity index (χ1n) is 10.3. The molecule has 160 valence electrons. The fourth-order valence-corrected chi connectivity index (χ4v) is 6.58. The van der Waals surface area contributed by atoms with E-state index in [2.05, 4.69) is 25.7 Å². The molecule has 0 N–H and O–H groups in total. The molecule has 0 radical (unpaired) electrons. The predicted molar refractivity (Wildman–Crippen MR) is 126 cm³/mol. The van der Waals surface area contributed by atoms with Gasteiger partial charge >= 0.3 is 0 Å². The summed E-state index contributed by atoms with van der Waals surface area (Å²) in [6.07, 6.45) is 2.90. The number of hydrogen-bond acceptors (Lipinski definition) is 9. The molecule has 3 aromatic rings. The molecule has 5 rings (SSSR count). The molecule has 5 heterocycles. The molecule has 2 aliphatic rings. The fourth-order valence-electron chi connectivity index (χ4n) is 4.17. The van der Waals surface area contributed by atoms with Gasteiger partial charge in [-0.05, 0) is 31.4 Å². The highest BCUT2D eigenvalue weighted by molar-refractivity contribution is 7.99. The highest BCUT2D eigenvalue weighted by Gasteiger charge is 2.33. The summed E-state index contributed by atoms with van der Waals surface area (Å²) < 4.78 is 13.0. The lowest BCUT2D eigenvalue weighted by Crippen LogP contribution is -2.39. The van der Waals surface area contributed by atoms with E-state index in [4.69, 9.17) is 24.4 Å². The van der Waals surface area contributed by atoms with Gasteiger partial charge in [0.15, 0.2) is 5.16 Å². The van der Waals surface area contributed by atoms with Crippen molar-refractivity contribution in [3.8, 4) is 0 Å². The number of rotatable bonds is 4. The molecule has 6 nitrogen and oxygen atoms in total. The summed E-state index contributed by atoms with van der Waals surface area (Å²) in [7, 11) is 0. The number of anilines is 1. The van der Waals surface area contributed by atoms with Crippen LogP contribution in [0.3, 0.4) is 0 Å². The molecule has 30 heavy (non-hydrogen) atoms. The molecule has 0 aliphatic carbocycles. The Morgan fingerprint density at radius 1 is 1.13 bits per heavy atom. The van der Waals surface area contributed by atoms with E-state index >= 15 is 0 Å². The molecular formula is C21H26N4O2S3. The zero-order valence-corrected chi connectivity index (χ0v) is 20.2. The zero-order chi connectivity index (χ0) is 20.9. The van der Waals surface area contributed by atoms with Crippen LogP contribution in [-0.4, -0.2) is 58.9 Å². The lowest BCUT2D eigenvalue weighted by atomic mass is 9.90. The normalized spacial score (nSPS) is 18.9. The van der Waals surface area contributed by atoms with Crippen LogP contribution in [-0.2, 0) is 22.5 Å². The van der Waals surface area contributed by atoms with Crippen molar-refractivity contribution in [1.29, 1.82) is 0 Å². The first-order valence-corrected chi connectivity index (χ1v) is 13.3. The zero-order valence-electron chi connectivity index (χ0n) is 17.8. The van der Waals surface area contributed by atoms with Gasteiger partial charge in [0.2, 0.25) is 0 Å². The van der Waals surface area contributed by atoms with Crippen molar-refractivity contribution in [2.24, 2.45) is 0 Å². The maximum atomic E-state index is 6.23. The van der Waals surface area contributed by atoms with E-state index in [0.717, 1.165) is 69.5 Å². The molecule has 2 aliphatic heterocycles. The van der Waals surface area contributed by atoms with Crippen LogP contribution in [0.2, 0.25) is 0 Å². The first kappa shape index (κ1) is 20.8. The highest BCUT2D eigenvalue weighted by Crippen LogP contribution is 2.45. The molecule has 3 aromatic heterocycles. The molecule has 0 amide bonds. The summed E-state index contributed by atoms with van der Waals surface area (Å²) in [4.78, 5) is 18.4. The Morgan fingerprint density at radius 3 is 2.67 bits per heavy atom. The second kappa shape index (κ2) is 8.09. The molecule has 1 saturated heterocycles. The summed E-state index contributed by atoms with van der Waals surface area (Å²) in [5.41, 5.74) is 3.42. The molecular weight excluding hydrogens is 436 g/mol. The number of ether oxygens (including phenoxy) is 2. The van der Waals surface area contributed by atoms with Crippen molar-refractivity contribution in [2.45, 2.75) is 49.6 Å². The molecule has 1 fully saturated rings. The maximum Gasteiger partial charge on any atom is 0.189 e. The van der Waals surface area contributed by atoms with E-state index < -0.39 is 0 Å². The minimum atomic E-state index is -0.200. The smallest absolute Gasteiger partial charge is 0.189 e. The third-order valence-corrected chi connectivity index (χ3v) is 8.20. The van der Waals surface area contributed by atoms with Crippen LogP contribution < -0.4 is 4.90 Å². The van der Waals surface area contributed by atoms with Gasteiger partial charge in [0, 0.05) is 30.5 Å². The lowest BCUT2D eigenvalue weighted by Gasteiger charge is -2.36. The second-order valence-corrected chi connectivity index (χ2v) is 11.2. The van der Waals surface area contributed by atoms with Crippen molar-refractivity contribution in [1.82, 2.24) is 15.0 Å². The lowest BCUT2D eigenvalue weighted by molar-refractivity contribution is -0.0396. The topological polar surface area (TPSA) is 60.4 Å². The average Bonchev–Trinajstić information content (AvgIpc) is 3.12. The Balaban J connectivity index is 1.81. The molecule has 0 bridgehead atoms. The summed E-state index contributed by atoms with van der Waals surface area (Å²) in [6, 6.07) is 0. The Bertz CT molecular complexity index is 1110. The molecule has 0 spiro atoms. The number of pyridine rings is 1. The van der Waals surface area contributed by atoms with Crippen molar-refractivity contribution >= 4 is 61.1 Å². The number of fused-ring (bicyclic) bond motifs is 5. The van der Waals surface area contributed by atoms with E-state index in [1.165, 1.54) is 16.5 Å². The van der Waals surface area contributed by atoms with Crippen molar-refractivity contribution in [2.75, 3.05) is 43.2 Å². The van der Waals surface area contributed by atoms with Gasteiger partial charge in [0.05, 0.1) is 35.6 Å². The van der Waals surface area contributed by atoms with Gasteiger partial charge in [-0.2, -0.15) is 0 Å². The van der Waals surface area contributed by atoms with Crippen molar-refractivity contribution < 1.29 is 9.47 Å². The fraction of sp³-hybridized carbons (Fsp3) is 0.571. The minimum Gasteiger partial charge on any atom is -0.378 e. The Morgan fingerprint density at radius 2 is 1.93 bits per heavy atom. The number of thiophene rings is 1. The van der Waals surface area contributed by atoms with E-state index in [1.807, 2.05) is 6.26 Å². The molecule has 0 unspecified atom stereocenters. The van der Waals surface area contributed by atoms with Gasteiger partial charge in [0.1, 0.15) is 15.7 Å². The van der Waals surface area contributed by atoms with Gasteiger partial charge < -0.3 is 14.4 Å². The molecule has 0 aromatic carbocycles. The number of nitrogens with zero attached hydrogens (tertiary/aromatic N) is 4. The number of morpholine rings is 1. The summed E-state index contributed by atoms with van der Waals surface area (Å²) in [5, 5.41) is 3.10. The van der Waals surface area contributed by atoms with E-state index in [9.17, 15) is 0 Å². The molecule has 0 atom stereocenters. The van der Waals surface area contributed by atoms with Gasteiger partial charge in [-0.3, -0.25) is 0 Å². The SMILES string of the molecule is CCSc1nc(SC)nc2c1sc1nc(N3CCOCC3)c3c(c12)CC(C)(C)OC3. The Hall–Kier alpha value is -1.13. The van der Waals surface area contributed by atoms with Gasteiger partial charge in [0.25, 0.3) is 0 Å². The van der Waals surface area contributed by atoms with Gasteiger partial charge in [-0.25, -0.2) is 15.0 Å². The van der Waals surface area contributed by atoms with Crippen LogP contribution in [0.4, 0.5) is 5.82 Å². The van der Waals surface area contributed by atoms with Gasteiger partial charge in [-0.1, -0.05) is 18.7 Å². The van der Waals surface area contributed by atoms with E-state index in [0.29, 0.717) is 6.61 Å². The quantitative estimate of drug-likeness (QED) is 0.312. The van der Waals surface area contributed by atoms with Crippen LogP contribution in [0.5, 0.6) is 0 Å². The Labute approximate surface area is 189 Å². The van der Waals surface area contributed by atoms with Crippen LogP contribution in [0, 0.1) is 0 Å². The number of aromatic nitrogens is 3. The van der Waals surface area contributed by atoms with Crippen LogP contribution in [0.1, 0.15) is 31.9 Å². The number of hydrogen-bond donors (Lipinski definition) is 0. The average molecular weight is 463 g/mol. The number of thioether (sulfide) groups is 2. The second-order valence-electron chi connectivity index (χ2n) is 8.13. The Kier molecular flexibility index (Phi) is 5.60. The van der Waals surface area contributed by atoms with Crippen LogP contribution in [0.25, 0.3) is 20.4 Å². The van der Waals surface area contributed by atoms with Crippen LogP contribution in [0.15, 0.2) is 10.2 Å². The first-order chi connectivity index (χ1) is 14.5. The van der Waals surface area contributed by atoms with Crippen molar-refractivity contribution in [3.63, 3.8) is 0 Å². The summed E-state index contributed by atoms with van der Waals surface area (Å²) in [5.74, 6) is 2.05. The standard InChI is InChI=1S/C21H26N4O2S3/c1-5-29-19-16-15(22-20(24-19)28-4)14-12-10-21(2,3)27-11-13(12)17(23-18(14)30-16)25-6-8-26-9-7-25/h5-11H2,1-4H3. The highest BCUT2D eigenvalue weighted by atomic mass is 32.2.